The molecule has 1 unspecified atom stereocenters. The molecule has 1 heterocycles. The summed E-state index contributed by atoms with van der Waals surface area (Å²) in [6.07, 6.45) is 5.12. The number of aryl methyl sites for hydroxylation is 1. The van der Waals surface area contributed by atoms with Gasteiger partial charge < -0.3 is 5.43 Å². The van der Waals surface area contributed by atoms with Gasteiger partial charge in [-0.1, -0.05) is 31.2 Å². The molecule has 0 aliphatic rings. The molecule has 0 saturated carbocycles. The summed E-state index contributed by atoms with van der Waals surface area (Å²) in [7, 11) is 0. The third-order valence-corrected chi connectivity index (χ3v) is 2.84. The van der Waals surface area contributed by atoms with Crippen molar-refractivity contribution in [2.45, 2.75) is 26.3 Å². The van der Waals surface area contributed by atoms with E-state index in [0.717, 1.165) is 6.42 Å². The van der Waals surface area contributed by atoms with E-state index in [1.54, 1.807) is 0 Å². The molecule has 0 fully saturated rings. The normalized spacial score (nSPS) is 12.4. The zero-order valence-electron chi connectivity index (χ0n) is 9.85. The number of benzene rings is 1. The Morgan fingerprint density at radius 3 is 2.31 bits per heavy atom. The molecule has 0 amide bonds. The Labute approximate surface area is 96.9 Å². The van der Waals surface area contributed by atoms with Crippen LogP contribution in [0, 0.1) is 0 Å². The molecule has 2 aromatic rings. The maximum atomic E-state index is 3.39. The quantitative estimate of drug-likeness (QED) is 0.825. The molecule has 0 aliphatic carbocycles. The first-order valence-corrected chi connectivity index (χ1v) is 5.78. The molecule has 1 aromatic heterocycles. The van der Waals surface area contributed by atoms with Crippen molar-refractivity contribution in [1.29, 1.82) is 0 Å². The number of hydrogen-bond donors (Lipinski definition) is 1. The number of hydrogen-bond acceptors (Lipinski definition) is 1. The van der Waals surface area contributed by atoms with Gasteiger partial charge in [0.05, 0.1) is 6.04 Å². The Kier molecular flexibility index (Phi) is 3.30. The van der Waals surface area contributed by atoms with Gasteiger partial charge in [0.2, 0.25) is 0 Å². The molecule has 84 valence electrons. The summed E-state index contributed by atoms with van der Waals surface area (Å²) in [6, 6.07) is 13.1. The van der Waals surface area contributed by atoms with Crippen LogP contribution in [0.5, 0.6) is 0 Å². The van der Waals surface area contributed by atoms with E-state index in [2.05, 4.69) is 43.5 Å². The Morgan fingerprint density at radius 1 is 1.12 bits per heavy atom. The topological polar surface area (TPSA) is 17.0 Å². The maximum absolute atomic E-state index is 3.39. The number of nitrogens with one attached hydrogen (secondary N) is 1. The molecule has 2 nitrogen and oxygen atoms in total. The average Bonchev–Trinajstić information content (AvgIpc) is 2.82. The number of aromatic nitrogens is 1. The highest BCUT2D eigenvalue weighted by Crippen LogP contribution is 2.14. The zero-order valence-corrected chi connectivity index (χ0v) is 9.85. The Morgan fingerprint density at radius 2 is 1.75 bits per heavy atom. The van der Waals surface area contributed by atoms with Crippen LogP contribution < -0.4 is 5.43 Å². The third-order valence-electron chi connectivity index (χ3n) is 2.84. The first-order chi connectivity index (χ1) is 7.79. The van der Waals surface area contributed by atoms with E-state index >= 15 is 0 Å². The highest BCUT2D eigenvalue weighted by molar-refractivity contribution is 5.26. The first kappa shape index (κ1) is 10.8. The van der Waals surface area contributed by atoms with Gasteiger partial charge in [0.15, 0.2) is 0 Å². The monoisotopic (exact) mass is 214 g/mol. The predicted octanol–water partition coefficient (Wildman–Crippen LogP) is 3.36. The van der Waals surface area contributed by atoms with Crippen LogP contribution in [-0.2, 0) is 6.42 Å². The van der Waals surface area contributed by atoms with Crippen LogP contribution in [0.25, 0.3) is 0 Å². The molecule has 0 spiro atoms. The fourth-order valence-electron chi connectivity index (χ4n) is 1.76. The van der Waals surface area contributed by atoms with E-state index in [9.17, 15) is 0 Å². The largest absolute Gasteiger partial charge is 0.319 e. The first-order valence-electron chi connectivity index (χ1n) is 5.78. The van der Waals surface area contributed by atoms with Gasteiger partial charge in [-0.2, -0.15) is 0 Å². The SMILES string of the molecule is CCc1ccc(C(C)Nn2cccc2)cc1. The van der Waals surface area contributed by atoms with Crippen molar-refractivity contribution < 1.29 is 0 Å². The van der Waals surface area contributed by atoms with Crippen molar-refractivity contribution in [3.05, 3.63) is 59.9 Å². The number of nitrogens with zero attached hydrogens (tertiary/aromatic N) is 1. The number of rotatable bonds is 4. The molecule has 2 heteroatoms. The van der Waals surface area contributed by atoms with Crippen molar-refractivity contribution in [2.24, 2.45) is 0 Å². The van der Waals surface area contributed by atoms with Crippen LogP contribution in [0.1, 0.15) is 31.0 Å². The van der Waals surface area contributed by atoms with Crippen LogP contribution >= 0.6 is 0 Å². The highest BCUT2D eigenvalue weighted by Gasteiger charge is 2.03. The average molecular weight is 214 g/mol. The van der Waals surface area contributed by atoms with Gasteiger partial charge in [0.1, 0.15) is 0 Å². The maximum Gasteiger partial charge on any atom is 0.0645 e. The summed E-state index contributed by atoms with van der Waals surface area (Å²) >= 11 is 0. The fourth-order valence-corrected chi connectivity index (χ4v) is 1.76. The van der Waals surface area contributed by atoms with Gasteiger partial charge in [-0.25, -0.2) is 0 Å². The fraction of sp³-hybridized carbons (Fsp3) is 0.286. The van der Waals surface area contributed by atoms with Gasteiger partial charge in [0, 0.05) is 12.4 Å². The summed E-state index contributed by atoms with van der Waals surface area (Å²) in [5.74, 6) is 0. The van der Waals surface area contributed by atoms with Crippen molar-refractivity contribution in [3.63, 3.8) is 0 Å². The van der Waals surface area contributed by atoms with Gasteiger partial charge in [0.25, 0.3) is 0 Å². The van der Waals surface area contributed by atoms with Crippen LogP contribution in [-0.4, -0.2) is 4.68 Å². The lowest BCUT2D eigenvalue weighted by molar-refractivity contribution is 0.728. The van der Waals surface area contributed by atoms with Crippen LogP contribution in [0.4, 0.5) is 0 Å². The minimum atomic E-state index is 0.318. The van der Waals surface area contributed by atoms with E-state index in [1.165, 1.54) is 11.1 Å². The van der Waals surface area contributed by atoms with Gasteiger partial charge >= 0.3 is 0 Å². The van der Waals surface area contributed by atoms with E-state index in [-0.39, 0.29) is 0 Å². The molecule has 0 saturated heterocycles. The van der Waals surface area contributed by atoms with Crippen LogP contribution in [0.15, 0.2) is 48.8 Å². The second-order valence-corrected chi connectivity index (χ2v) is 4.04. The van der Waals surface area contributed by atoms with Gasteiger partial charge in [-0.15, -0.1) is 0 Å². The van der Waals surface area contributed by atoms with Crippen molar-refractivity contribution in [3.8, 4) is 0 Å². The summed E-state index contributed by atoms with van der Waals surface area (Å²) in [4.78, 5) is 0. The lowest BCUT2D eigenvalue weighted by Gasteiger charge is -2.16. The minimum absolute atomic E-state index is 0.318. The second kappa shape index (κ2) is 4.88. The molecule has 1 N–H and O–H groups in total. The van der Waals surface area contributed by atoms with Crippen molar-refractivity contribution >= 4 is 0 Å². The summed E-state index contributed by atoms with van der Waals surface area (Å²) < 4.78 is 1.98. The summed E-state index contributed by atoms with van der Waals surface area (Å²) in [6.45, 7) is 4.34. The molecular formula is C14H18N2. The Balaban J connectivity index is 2.05. The molecule has 16 heavy (non-hydrogen) atoms. The molecule has 1 aromatic carbocycles. The zero-order chi connectivity index (χ0) is 11.4. The Bertz CT molecular complexity index is 415. The molecule has 2 rings (SSSR count). The minimum Gasteiger partial charge on any atom is -0.319 e. The molecule has 0 bridgehead atoms. The van der Waals surface area contributed by atoms with Gasteiger partial charge in [-0.3, -0.25) is 4.68 Å². The van der Waals surface area contributed by atoms with Crippen LogP contribution in [0.3, 0.4) is 0 Å². The third kappa shape index (κ3) is 2.45. The standard InChI is InChI=1S/C14H18N2/c1-3-13-6-8-14(9-7-13)12(2)15-16-10-4-5-11-16/h4-12,15H,3H2,1-2H3. The van der Waals surface area contributed by atoms with Crippen molar-refractivity contribution in [2.75, 3.05) is 5.43 Å². The highest BCUT2D eigenvalue weighted by atomic mass is 15.4. The Hall–Kier alpha value is -1.70. The molecule has 1 atom stereocenters. The predicted molar refractivity (Wildman–Crippen MR) is 68.0 cm³/mol. The van der Waals surface area contributed by atoms with Crippen LogP contribution in [0.2, 0.25) is 0 Å². The summed E-state index contributed by atoms with van der Waals surface area (Å²) in [5.41, 5.74) is 6.09. The van der Waals surface area contributed by atoms with E-state index in [1.807, 2.05) is 29.2 Å². The summed E-state index contributed by atoms with van der Waals surface area (Å²) in [5, 5.41) is 0. The van der Waals surface area contributed by atoms with E-state index in [4.69, 9.17) is 0 Å². The van der Waals surface area contributed by atoms with E-state index < -0.39 is 0 Å². The molecule has 0 aliphatic heterocycles. The van der Waals surface area contributed by atoms with E-state index in [0.29, 0.717) is 6.04 Å². The van der Waals surface area contributed by atoms with Crippen molar-refractivity contribution in [1.82, 2.24) is 4.68 Å². The van der Waals surface area contributed by atoms with Gasteiger partial charge in [-0.05, 0) is 36.6 Å². The molecular weight excluding hydrogens is 196 g/mol. The lowest BCUT2D eigenvalue weighted by Crippen LogP contribution is -2.16. The lowest BCUT2D eigenvalue weighted by atomic mass is 10.1. The smallest absolute Gasteiger partial charge is 0.0645 e. The second-order valence-electron chi connectivity index (χ2n) is 4.04. The molecule has 0 radical (unpaired) electrons.